The van der Waals surface area contributed by atoms with Gasteiger partial charge in [0.15, 0.2) is 0 Å². The molecular formula is C21H21ClN4O2. The maximum atomic E-state index is 12.0. The van der Waals surface area contributed by atoms with Gasteiger partial charge in [-0.15, -0.1) is 0 Å². The van der Waals surface area contributed by atoms with Gasteiger partial charge in [0.25, 0.3) is 0 Å². The molecule has 2 amide bonds. The number of nitrogens with one attached hydrogen (secondary N) is 3. The van der Waals surface area contributed by atoms with E-state index in [0.717, 1.165) is 24.5 Å². The van der Waals surface area contributed by atoms with Crippen molar-refractivity contribution in [3.63, 3.8) is 0 Å². The number of amides is 2. The Morgan fingerprint density at radius 3 is 2.29 bits per heavy atom. The van der Waals surface area contributed by atoms with E-state index in [1.54, 1.807) is 43.6 Å². The fourth-order valence-corrected chi connectivity index (χ4v) is 2.65. The Morgan fingerprint density at radius 2 is 1.64 bits per heavy atom. The Balaban J connectivity index is 1.44. The van der Waals surface area contributed by atoms with Gasteiger partial charge < -0.3 is 20.7 Å². The summed E-state index contributed by atoms with van der Waals surface area (Å²) in [6.45, 7) is 0.753. The number of halogens is 1. The predicted octanol–water partition coefficient (Wildman–Crippen LogP) is 5.04. The largest absolute Gasteiger partial charge is 0.497 e. The number of benzene rings is 2. The van der Waals surface area contributed by atoms with Crippen LogP contribution in [0.25, 0.3) is 0 Å². The van der Waals surface area contributed by atoms with Gasteiger partial charge in [-0.3, -0.25) is 0 Å². The van der Waals surface area contributed by atoms with E-state index in [1.807, 2.05) is 30.3 Å². The number of hydrogen-bond acceptors (Lipinski definition) is 4. The van der Waals surface area contributed by atoms with Crippen LogP contribution in [-0.2, 0) is 6.42 Å². The van der Waals surface area contributed by atoms with Crippen LogP contribution < -0.4 is 20.7 Å². The molecule has 3 N–H and O–H groups in total. The molecule has 3 aromatic rings. The molecule has 2 aromatic carbocycles. The molecule has 0 aliphatic carbocycles. The zero-order valence-electron chi connectivity index (χ0n) is 15.4. The van der Waals surface area contributed by atoms with E-state index in [4.69, 9.17) is 16.3 Å². The number of carbonyl (C=O) groups excluding carboxylic acids is 1. The first-order valence-electron chi connectivity index (χ1n) is 8.79. The molecule has 6 nitrogen and oxygen atoms in total. The molecule has 0 bridgehead atoms. The lowest BCUT2D eigenvalue weighted by Gasteiger charge is -2.09. The summed E-state index contributed by atoms with van der Waals surface area (Å²) < 4.78 is 5.15. The van der Waals surface area contributed by atoms with Gasteiger partial charge in [-0.05, 0) is 60.5 Å². The quantitative estimate of drug-likeness (QED) is 0.522. The number of pyridine rings is 1. The smallest absolute Gasteiger partial charge is 0.323 e. The maximum Gasteiger partial charge on any atom is 0.323 e. The Hall–Kier alpha value is -3.25. The molecule has 3 rings (SSSR count). The third-order valence-corrected chi connectivity index (χ3v) is 4.25. The van der Waals surface area contributed by atoms with Crippen molar-refractivity contribution in [2.45, 2.75) is 6.42 Å². The third-order valence-electron chi connectivity index (χ3n) is 4.00. The van der Waals surface area contributed by atoms with Crippen LogP contribution in [0.3, 0.4) is 0 Å². The van der Waals surface area contributed by atoms with Crippen molar-refractivity contribution in [3.8, 4) is 5.75 Å². The summed E-state index contributed by atoms with van der Waals surface area (Å²) in [4.78, 5) is 16.3. The summed E-state index contributed by atoms with van der Waals surface area (Å²) in [6.07, 6.45) is 2.48. The number of anilines is 3. The summed E-state index contributed by atoms with van der Waals surface area (Å²) in [5.41, 5.74) is 2.48. The molecule has 0 unspecified atom stereocenters. The van der Waals surface area contributed by atoms with Crippen molar-refractivity contribution in [2.75, 3.05) is 29.6 Å². The fraction of sp³-hybridized carbons (Fsp3) is 0.143. The summed E-state index contributed by atoms with van der Waals surface area (Å²) in [7, 11) is 1.65. The Labute approximate surface area is 168 Å². The molecule has 7 heteroatoms. The molecule has 1 heterocycles. The number of methoxy groups -OCH3 is 1. The van der Waals surface area contributed by atoms with E-state index in [1.165, 1.54) is 5.56 Å². The van der Waals surface area contributed by atoms with Crippen LogP contribution in [0, 0.1) is 0 Å². The second-order valence-corrected chi connectivity index (χ2v) is 6.48. The zero-order chi connectivity index (χ0) is 19.8. The number of urea groups is 1. The highest BCUT2D eigenvalue weighted by Crippen LogP contribution is 2.15. The summed E-state index contributed by atoms with van der Waals surface area (Å²) in [5, 5.41) is 9.35. The second-order valence-electron chi connectivity index (χ2n) is 6.04. The average molecular weight is 397 g/mol. The van der Waals surface area contributed by atoms with E-state index in [2.05, 4.69) is 20.9 Å². The predicted molar refractivity (Wildman–Crippen MR) is 114 cm³/mol. The minimum atomic E-state index is -0.343. The van der Waals surface area contributed by atoms with Crippen LogP contribution in [-0.4, -0.2) is 24.7 Å². The van der Waals surface area contributed by atoms with Crippen molar-refractivity contribution in [1.82, 2.24) is 4.98 Å². The number of carbonyl (C=O) groups is 1. The highest BCUT2D eigenvalue weighted by atomic mass is 35.5. The van der Waals surface area contributed by atoms with Crippen LogP contribution in [0.1, 0.15) is 5.56 Å². The number of rotatable bonds is 7. The summed E-state index contributed by atoms with van der Waals surface area (Å²) in [5.74, 6) is 1.60. The third kappa shape index (κ3) is 5.89. The van der Waals surface area contributed by atoms with Crippen LogP contribution in [0.2, 0.25) is 5.02 Å². The molecule has 0 fully saturated rings. The molecule has 1 aromatic heterocycles. The van der Waals surface area contributed by atoms with Gasteiger partial charge in [0.05, 0.1) is 19.0 Å². The highest BCUT2D eigenvalue weighted by Gasteiger charge is 2.03. The van der Waals surface area contributed by atoms with E-state index in [9.17, 15) is 4.79 Å². The molecule has 0 atom stereocenters. The first-order chi connectivity index (χ1) is 13.6. The molecule has 0 saturated heterocycles. The normalized spacial score (nSPS) is 10.2. The SMILES string of the molecule is COc1ccc(CCNc2ccc(NC(=O)Nc3ccc(Cl)cc3)cn2)cc1. The first kappa shape index (κ1) is 19.5. The molecule has 0 saturated carbocycles. The maximum absolute atomic E-state index is 12.0. The van der Waals surface area contributed by atoms with Crippen molar-refractivity contribution < 1.29 is 9.53 Å². The highest BCUT2D eigenvalue weighted by molar-refractivity contribution is 6.30. The van der Waals surface area contributed by atoms with Gasteiger partial charge in [0, 0.05) is 17.3 Å². The molecule has 144 valence electrons. The lowest BCUT2D eigenvalue weighted by molar-refractivity contribution is 0.262. The molecule has 0 aliphatic rings. The summed E-state index contributed by atoms with van der Waals surface area (Å²) in [6, 6.07) is 18.1. The van der Waals surface area contributed by atoms with Gasteiger partial charge >= 0.3 is 6.03 Å². The Kier molecular flexibility index (Phi) is 6.70. The zero-order valence-corrected chi connectivity index (χ0v) is 16.2. The van der Waals surface area contributed by atoms with E-state index >= 15 is 0 Å². The van der Waals surface area contributed by atoms with Crippen molar-refractivity contribution in [1.29, 1.82) is 0 Å². The van der Waals surface area contributed by atoms with Crippen LogP contribution in [0.15, 0.2) is 66.9 Å². The topological polar surface area (TPSA) is 75.3 Å². The van der Waals surface area contributed by atoms with Crippen molar-refractivity contribution >= 4 is 34.8 Å². The van der Waals surface area contributed by atoms with E-state index < -0.39 is 0 Å². The van der Waals surface area contributed by atoms with E-state index in [-0.39, 0.29) is 6.03 Å². The molecule has 0 radical (unpaired) electrons. The summed E-state index contributed by atoms with van der Waals surface area (Å²) >= 11 is 5.83. The van der Waals surface area contributed by atoms with E-state index in [0.29, 0.717) is 16.4 Å². The minimum Gasteiger partial charge on any atom is -0.497 e. The monoisotopic (exact) mass is 396 g/mol. The van der Waals surface area contributed by atoms with Crippen molar-refractivity contribution in [3.05, 3.63) is 77.4 Å². The molecular weight excluding hydrogens is 376 g/mol. The molecule has 0 aliphatic heterocycles. The van der Waals surface area contributed by atoms with Crippen LogP contribution in [0.5, 0.6) is 5.75 Å². The van der Waals surface area contributed by atoms with Crippen LogP contribution in [0.4, 0.5) is 22.0 Å². The first-order valence-corrected chi connectivity index (χ1v) is 9.16. The molecule has 28 heavy (non-hydrogen) atoms. The number of aromatic nitrogens is 1. The second kappa shape index (κ2) is 9.62. The number of ether oxygens (including phenoxy) is 1. The lowest BCUT2D eigenvalue weighted by Crippen LogP contribution is -2.19. The van der Waals surface area contributed by atoms with Gasteiger partial charge in [-0.1, -0.05) is 23.7 Å². The van der Waals surface area contributed by atoms with Crippen molar-refractivity contribution in [2.24, 2.45) is 0 Å². The van der Waals surface area contributed by atoms with Gasteiger partial charge in [0.1, 0.15) is 11.6 Å². The molecule has 0 spiro atoms. The number of nitrogens with zero attached hydrogens (tertiary/aromatic N) is 1. The lowest BCUT2D eigenvalue weighted by atomic mass is 10.1. The van der Waals surface area contributed by atoms with Gasteiger partial charge in [-0.2, -0.15) is 0 Å². The standard InChI is InChI=1S/C21H21ClN4O2/c1-28-19-9-2-15(3-10-19)12-13-23-20-11-8-18(14-24-20)26-21(27)25-17-6-4-16(22)5-7-17/h2-11,14H,12-13H2,1H3,(H,23,24)(H2,25,26,27). The average Bonchev–Trinajstić information content (AvgIpc) is 2.71. The van der Waals surface area contributed by atoms with Crippen LogP contribution >= 0.6 is 11.6 Å². The van der Waals surface area contributed by atoms with Gasteiger partial charge in [0.2, 0.25) is 0 Å². The van der Waals surface area contributed by atoms with Gasteiger partial charge in [-0.25, -0.2) is 9.78 Å². The minimum absolute atomic E-state index is 0.343. The number of hydrogen-bond donors (Lipinski definition) is 3. The fourth-order valence-electron chi connectivity index (χ4n) is 2.53. The Bertz CT molecular complexity index is 897. The Morgan fingerprint density at radius 1 is 0.964 bits per heavy atom.